The van der Waals surface area contributed by atoms with Crippen LogP contribution in [-0.2, 0) is 6.37 Å². The Labute approximate surface area is 196 Å². The van der Waals surface area contributed by atoms with Gasteiger partial charge in [-0.05, 0) is 47.0 Å². The molecule has 0 aliphatic carbocycles. The Balaban J connectivity index is 1.61. The van der Waals surface area contributed by atoms with Gasteiger partial charge in [0.2, 0.25) is 0 Å². The summed E-state index contributed by atoms with van der Waals surface area (Å²) in [5, 5.41) is 3.22. The van der Waals surface area contributed by atoms with E-state index in [9.17, 15) is 0 Å². The summed E-state index contributed by atoms with van der Waals surface area (Å²) in [6, 6.07) is 28.5. The topological polar surface area (TPSA) is 31.0 Å². The Morgan fingerprint density at radius 2 is 1.67 bits per heavy atom. The first-order valence-electron chi connectivity index (χ1n) is 12.2. The maximum absolute atomic E-state index is 8.67. The summed E-state index contributed by atoms with van der Waals surface area (Å²) in [7, 11) is 0. The first-order chi connectivity index (χ1) is 16.8. The number of rotatable bonds is 3. The predicted octanol–water partition coefficient (Wildman–Crippen LogP) is 8.18. The normalized spacial score (nSPS) is 13.5. The van der Waals surface area contributed by atoms with Crippen molar-refractivity contribution in [1.29, 1.82) is 0 Å². The van der Waals surface area contributed by atoms with Crippen LogP contribution >= 0.6 is 0 Å². The van der Waals surface area contributed by atoms with E-state index in [1.165, 1.54) is 5.39 Å². The van der Waals surface area contributed by atoms with Gasteiger partial charge in [0.05, 0.1) is 22.3 Å². The molecule has 0 radical (unpaired) electrons. The van der Waals surface area contributed by atoms with Crippen LogP contribution in [-0.4, -0.2) is 9.55 Å². The molecule has 162 valence electrons. The van der Waals surface area contributed by atoms with Gasteiger partial charge < -0.3 is 4.42 Å². The van der Waals surface area contributed by atoms with Crippen LogP contribution in [0.3, 0.4) is 0 Å². The molecule has 0 fully saturated rings. The van der Waals surface area contributed by atoms with Crippen molar-refractivity contribution in [2.75, 3.05) is 0 Å². The van der Waals surface area contributed by atoms with Crippen molar-refractivity contribution in [3.8, 4) is 17.1 Å². The number of hydrogen-bond acceptors (Lipinski definition) is 2. The smallest absolute Gasteiger partial charge is 0.149 e. The molecule has 0 aliphatic rings. The Hall–Kier alpha value is -3.85. The molecule has 0 unspecified atom stereocenters. The van der Waals surface area contributed by atoms with E-state index < -0.39 is 11.8 Å². The van der Waals surface area contributed by atoms with Crippen LogP contribution in [0.1, 0.15) is 29.1 Å². The maximum atomic E-state index is 8.67. The molecule has 0 spiro atoms. The minimum absolute atomic E-state index is 0.543. The second-order valence-electron chi connectivity index (χ2n) is 9.49. The molecule has 0 N–H and O–H groups in total. The van der Waals surface area contributed by atoms with Gasteiger partial charge in [-0.1, -0.05) is 81.4 Å². The third-order valence-corrected chi connectivity index (χ3v) is 5.90. The average Bonchev–Trinajstić information content (AvgIpc) is 3.43. The number of hydrogen-bond donors (Lipinski definition) is 0. The molecule has 0 bridgehead atoms. The zero-order valence-corrected chi connectivity index (χ0v) is 19.0. The average molecular weight is 433 g/mol. The van der Waals surface area contributed by atoms with E-state index in [-0.39, 0.29) is 0 Å². The van der Waals surface area contributed by atoms with Crippen LogP contribution in [0.2, 0.25) is 0 Å². The molecule has 6 aromatic rings. The predicted molar refractivity (Wildman–Crippen MR) is 137 cm³/mol. The van der Waals surface area contributed by atoms with E-state index in [0.717, 1.165) is 38.9 Å². The van der Waals surface area contributed by atoms with Crippen molar-refractivity contribution < 1.29 is 7.16 Å². The summed E-state index contributed by atoms with van der Waals surface area (Å²) < 4.78 is 25.5. The highest BCUT2D eigenvalue weighted by atomic mass is 16.3. The SMILES string of the molecule is [2H]C([2H])(c1ccc2c(-c3nc4ccccc4n3-c3cccc4ccccc34)coc2c1)C(C)(C)C. The van der Waals surface area contributed by atoms with Crippen LogP contribution < -0.4 is 0 Å². The van der Waals surface area contributed by atoms with E-state index in [1.807, 2.05) is 57.2 Å². The van der Waals surface area contributed by atoms with Crippen molar-refractivity contribution in [3.05, 3.63) is 96.8 Å². The largest absolute Gasteiger partial charge is 0.464 e. The van der Waals surface area contributed by atoms with Gasteiger partial charge in [0.1, 0.15) is 17.7 Å². The summed E-state index contributed by atoms with van der Waals surface area (Å²) in [6.07, 6.45) is 0.244. The van der Waals surface area contributed by atoms with E-state index in [1.54, 1.807) is 6.26 Å². The molecule has 3 nitrogen and oxygen atoms in total. The fourth-order valence-electron chi connectivity index (χ4n) is 4.57. The van der Waals surface area contributed by atoms with Gasteiger partial charge in [0, 0.05) is 13.5 Å². The summed E-state index contributed by atoms with van der Waals surface area (Å²) in [5.41, 5.74) is 4.59. The fourth-order valence-corrected chi connectivity index (χ4v) is 4.57. The number of imidazole rings is 1. The molecular formula is C30H26N2O. The lowest BCUT2D eigenvalue weighted by Crippen LogP contribution is -2.08. The van der Waals surface area contributed by atoms with Crippen LogP contribution in [0.15, 0.2) is 95.6 Å². The molecule has 4 aromatic carbocycles. The molecule has 0 saturated carbocycles. The number of fused-ring (bicyclic) bond motifs is 3. The molecule has 2 aromatic heterocycles. The van der Waals surface area contributed by atoms with E-state index in [4.69, 9.17) is 12.1 Å². The standard InChI is InChI=1S/C30H26N2O/c1-30(2,3)18-20-15-16-23-24(19-33-28(23)17-20)29-31-25-12-6-7-13-27(25)32(29)26-14-8-10-21-9-4-5-11-22(21)26/h4-17,19H,18H2,1-3H3/i18D2. The van der Waals surface area contributed by atoms with E-state index in [0.29, 0.717) is 11.1 Å². The molecule has 0 aliphatic heterocycles. The summed E-state index contributed by atoms with van der Waals surface area (Å²) in [5.74, 6) is 0.799. The zero-order valence-electron chi connectivity index (χ0n) is 21.0. The summed E-state index contributed by atoms with van der Waals surface area (Å²) in [6.45, 7) is 5.74. The lowest BCUT2D eigenvalue weighted by Gasteiger charge is -2.17. The van der Waals surface area contributed by atoms with Crippen molar-refractivity contribution >= 4 is 32.8 Å². The first kappa shape index (κ1) is 17.7. The van der Waals surface area contributed by atoms with Crippen molar-refractivity contribution in [1.82, 2.24) is 9.55 Å². The molecule has 0 saturated heterocycles. The lowest BCUT2D eigenvalue weighted by molar-refractivity contribution is 0.411. The van der Waals surface area contributed by atoms with Gasteiger partial charge in [-0.25, -0.2) is 4.98 Å². The highest BCUT2D eigenvalue weighted by Crippen LogP contribution is 2.37. The lowest BCUT2D eigenvalue weighted by atomic mass is 9.88. The van der Waals surface area contributed by atoms with Crippen LogP contribution in [0, 0.1) is 5.41 Å². The second-order valence-corrected chi connectivity index (χ2v) is 9.49. The molecule has 0 amide bonds. The van der Waals surface area contributed by atoms with E-state index in [2.05, 4.69) is 53.1 Å². The minimum Gasteiger partial charge on any atom is -0.464 e. The van der Waals surface area contributed by atoms with Gasteiger partial charge >= 0.3 is 0 Å². The maximum Gasteiger partial charge on any atom is 0.149 e. The monoisotopic (exact) mass is 432 g/mol. The Kier molecular flexibility index (Phi) is 3.93. The summed E-state index contributed by atoms with van der Waals surface area (Å²) >= 11 is 0. The first-order valence-corrected chi connectivity index (χ1v) is 11.2. The van der Waals surface area contributed by atoms with Crippen LogP contribution in [0.25, 0.3) is 49.9 Å². The van der Waals surface area contributed by atoms with Crippen LogP contribution in [0.4, 0.5) is 0 Å². The Bertz CT molecular complexity index is 1710. The molecule has 2 heterocycles. The number of furan rings is 1. The van der Waals surface area contributed by atoms with Gasteiger partial charge in [0.25, 0.3) is 0 Å². The van der Waals surface area contributed by atoms with Gasteiger partial charge in [-0.15, -0.1) is 0 Å². The molecule has 6 rings (SSSR count). The van der Waals surface area contributed by atoms with Crippen molar-refractivity contribution in [2.24, 2.45) is 5.41 Å². The third kappa shape index (κ3) is 3.41. The Morgan fingerprint density at radius 1 is 0.879 bits per heavy atom. The van der Waals surface area contributed by atoms with Crippen molar-refractivity contribution in [2.45, 2.75) is 27.1 Å². The quantitative estimate of drug-likeness (QED) is 0.282. The van der Waals surface area contributed by atoms with Gasteiger partial charge in [-0.3, -0.25) is 4.57 Å². The molecule has 33 heavy (non-hydrogen) atoms. The number of para-hydroxylation sites is 2. The number of benzene rings is 4. The van der Waals surface area contributed by atoms with Gasteiger partial charge in [-0.2, -0.15) is 0 Å². The number of nitrogens with zero attached hydrogens (tertiary/aromatic N) is 2. The summed E-state index contributed by atoms with van der Waals surface area (Å²) in [4.78, 5) is 5.03. The minimum atomic E-state index is -1.50. The third-order valence-electron chi connectivity index (χ3n) is 5.90. The molecule has 0 atom stereocenters. The van der Waals surface area contributed by atoms with Crippen molar-refractivity contribution in [3.63, 3.8) is 0 Å². The van der Waals surface area contributed by atoms with Gasteiger partial charge in [0.15, 0.2) is 0 Å². The fraction of sp³-hybridized carbons (Fsp3) is 0.167. The molecular weight excluding hydrogens is 404 g/mol. The van der Waals surface area contributed by atoms with Crippen LogP contribution in [0.5, 0.6) is 0 Å². The zero-order chi connectivity index (χ0) is 24.4. The molecule has 3 heteroatoms. The number of aromatic nitrogens is 2. The highest BCUT2D eigenvalue weighted by Gasteiger charge is 2.20. The second kappa shape index (κ2) is 7.35. The highest BCUT2D eigenvalue weighted by molar-refractivity contribution is 5.98. The van der Waals surface area contributed by atoms with E-state index >= 15 is 0 Å². The Morgan fingerprint density at radius 3 is 2.55 bits per heavy atom.